The number of allylic oxidation sites excluding steroid dienone is 1. The number of unbranched alkanes of at least 4 members (excludes halogenated alkanes) is 3. The van der Waals surface area contributed by atoms with Crippen molar-refractivity contribution in [1.82, 2.24) is 0 Å². The number of aryl methyl sites for hydroxylation is 1. The molecule has 0 bridgehead atoms. The Balaban J connectivity index is 1.46. The molecular weight excluding hydrogens is 491 g/mol. The van der Waals surface area contributed by atoms with Crippen molar-refractivity contribution >= 4 is 0 Å². The van der Waals surface area contributed by atoms with Crippen molar-refractivity contribution in [3.05, 3.63) is 42.0 Å². The van der Waals surface area contributed by atoms with Crippen LogP contribution in [0, 0.1) is 22.7 Å². The Hall–Kier alpha value is -1.67. The van der Waals surface area contributed by atoms with Crippen LogP contribution >= 0.6 is 0 Å². The summed E-state index contributed by atoms with van der Waals surface area (Å²) in [5, 5.41) is 30.5. The highest BCUT2D eigenvalue weighted by atomic mass is 19.4. The molecule has 1 aromatic rings. The molecule has 1 aromatic carbocycles. The number of aliphatic hydroxyl groups is 2. The zero-order valence-electron chi connectivity index (χ0n) is 21.4. The van der Waals surface area contributed by atoms with E-state index in [1.165, 1.54) is 5.56 Å². The monoisotopic (exact) mass is 530 g/mol. The first kappa shape index (κ1) is 28.3. The number of alkyl halides is 5. The van der Waals surface area contributed by atoms with Gasteiger partial charge in [0.1, 0.15) is 11.9 Å². The Morgan fingerprint density at radius 3 is 2.49 bits per heavy atom. The third-order valence-corrected chi connectivity index (χ3v) is 9.96. The fourth-order valence-electron chi connectivity index (χ4n) is 8.16. The van der Waals surface area contributed by atoms with Crippen molar-refractivity contribution in [2.24, 2.45) is 22.7 Å². The summed E-state index contributed by atoms with van der Waals surface area (Å²) in [7, 11) is 0. The van der Waals surface area contributed by atoms with E-state index < -0.39 is 24.6 Å². The molecule has 0 heterocycles. The molecule has 4 rings (SSSR count). The van der Waals surface area contributed by atoms with Crippen molar-refractivity contribution in [1.29, 1.82) is 0 Å². The Labute approximate surface area is 215 Å². The van der Waals surface area contributed by atoms with Crippen molar-refractivity contribution in [2.75, 3.05) is 0 Å². The predicted molar refractivity (Wildman–Crippen MR) is 131 cm³/mol. The van der Waals surface area contributed by atoms with Gasteiger partial charge in [0.05, 0.1) is 6.10 Å². The van der Waals surface area contributed by atoms with Crippen LogP contribution in [0.1, 0.15) is 88.2 Å². The van der Waals surface area contributed by atoms with E-state index in [9.17, 15) is 37.3 Å². The molecule has 0 aliphatic heterocycles. The third kappa shape index (κ3) is 4.81. The standard InChI is InChI=1S/C29H39F5O3/c1-3-27-15-14-18-16-20(35)10-11-21(18)25(27)19(17-26(2)22(27)12-13-23(26)36)8-6-4-5-7-9-24(37)28(30,31)29(32,33)34/h3,10-11,16,19,22-25,35-37H,1,4-9,12-15,17H2,2H3/t19-,22+,23-,24+,25+,26-,27-/m0/s1. The second-order valence-electron chi connectivity index (χ2n) is 11.9. The van der Waals surface area contributed by atoms with Crippen LogP contribution in [-0.4, -0.2) is 39.6 Å². The highest BCUT2D eigenvalue weighted by Crippen LogP contribution is 2.69. The molecule has 7 atom stereocenters. The first-order valence-electron chi connectivity index (χ1n) is 13.5. The zero-order chi connectivity index (χ0) is 27.2. The summed E-state index contributed by atoms with van der Waals surface area (Å²) < 4.78 is 63.9. The van der Waals surface area contributed by atoms with Gasteiger partial charge in [-0.2, -0.15) is 22.0 Å². The lowest BCUT2D eigenvalue weighted by molar-refractivity contribution is -0.313. The lowest BCUT2D eigenvalue weighted by Gasteiger charge is -2.60. The summed E-state index contributed by atoms with van der Waals surface area (Å²) in [6.07, 6.45) is -0.170. The minimum atomic E-state index is -5.75. The Morgan fingerprint density at radius 2 is 1.81 bits per heavy atom. The lowest BCUT2D eigenvalue weighted by Crippen LogP contribution is -2.54. The van der Waals surface area contributed by atoms with Crippen LogP contribution in [0.15, 0.2) is 30.9 Å². The van der Waals surface area contributed by atoms with Crippen molar-refractivity contribution < 1.29 is 37.3 Å². The average molecular weight is 531 g/mol. The van der Waals surface area contributed by atoms with Crippen LogP contribution in [0.25, 0.3) is 0 Å². The normalized spacial score (nSPS) is 34.4. The van der Waals surface area contributed by atoms with Crippen molar-refractivity contribution in [3.63, 3.8) is 0 Å². The number of rotatable bonds is 9. The van der Waals surface area contributed by atoms with Gasteiger partial charge in [0.15, 0.2) is 0 Å². The fourth-order valence-corrected chi connectivity index (χ4v) is 8.16. The lowest BCUT2D eigenvalue weighted by atomic mass is 9.44. The van der Waals surface area contributed by atoms with Gasteiger partial charge in [-0.25, -0.2) is 0 Å². The number of benzene rings is 1. The van der Waals surface area contributed by atoms with Gasteiger partial charge < -0.3 is 15.3 Å². The molecular formula is C29H39F5O3. The first-order chi connectivity index (χ1) is 17.3. The smallest absolute Gasteiger partial charge is 0.456 e. The molecule has 0 unspecified atom stereocenters. The average Bonchev–Trinajstić information content (AvgIpc) is 3.14. The van der Waals surface area contributed by atoms with E-state index in [2.05, 4.69) is 19.6 Å². The quantitative estimate of drug-likeness (QED) is 0.179. The van der Waals surface area contributed by atoms with Crippen LogP contribution in [0.5, 0.6) is 5.75 Å². The van der Waals surface area contributed by atoms with Gasteiger partial charge in [0, 0.05) is 0 Å². The zero-order valence-corrected chi connectivity index (χ0v) is 21.4. The number of aliphatic hydroxyl groups excluding tert-OH is 2. The molecule has 3 aliphatic rings. The molecule has 3 aliphatic carbocycles. The number of phenols is 1. The Bertz CT molecular complexity index is 979. The minimum Gasteiger partial charge on any atom is -0.508 e. The molecule has 0 radical (unpaired) electrons. The van der Waals surface area contributed by atoms with E-state index >= 15 is 0 Å². The van der Waals surface area contributed by atoms with Crippen molar-refractivity contribution in [2.45, 2.75) is 108 Å². The summed E-state index contributed by atoms with van der Waals surface area (Å²) in [5.41, 5.74) is 1.99. The van der Waals surface area contributed by atoms with Crippen LogP contribution in [0.3, 0.4) is 0 Å². The van der Waals surface area contributed by atoms with Gasteiger partial charge >= 0.3 is 12.1 Å². The van der Waals surface area contributed by atoms with Gasteiger partial charge in [-0.3, -0.25) is 0 Å². The van der Waals surface area contributed by atoms with E-state index in [4.69, 9.17) is 0 Å². The SMILES string of the molecule is C=C[C@@]12CCc3cc(O)ccc3[C@H]1[C@@H](CCCCCC[C@@H](O)C(F)(F)C(F)(F)F)C[C@@]1(C)[C@H]2CC[C@@H]1O. The third-order valence-electron chi connectivity index (χ3n) is 9.96. The van der Waals surface area contributed by atoms with E-state index in [-0.39, 0.29) is 40.9 Å². The van der Waals surface area contributed by atoms with E-state index in [0.717, 1.165) is 50.5 Å². The number of aromatic hydroxyl groups is 1. The minimum absolute atomic E-state index is 0.0954. The Kier molecular flexibility index (Phi) is 7.77. The molecule has 3 nitrogen and oxygen atoms in total. The molecule has 8 heteroatoms. The molecule has 2 saturated carbocycles. The Morgan fingerprint density at radius 1 is 1.11 bits per heavy atom. The molecule has 0 saturated heterocycles. The first-order valence-corrected chi connectivity index (χ1v) is 13.5. The maximum Gasteiger partial charge on any atom is 0.456 e. The van der Waals surface area contributed by atoms with Gasteiger partial charge in [0.2, 0.25) is 0 Å². The van der Waals surface area contributed by atoms with E-state index in [0.29, 0.717) is 18.8 Å². The van der Waals surface area contributed by atoms with Crippen LogP contribution < -0.4 is 0 Å². The van der Waals surface area contributed by atoms with Gasteiger partial charge in [0.25, 0.3) is 0 Å². The van der Waals surface area contributed by atoms with Crippen LogP contribution in [0.2, 0.25) is 0 Å². The van der Waals surface area contributed by atoms with Crippen LogP contribution in [-0.2, 0) is 6.42 Å². The molecule has 2 fully saturated rings. The molecule has 208 valence electrons. The summed E-state index contributed by atoms with van der Waals surface area (Å²) in [6.45, 7) is 6.47. The highest BCUT2D eigenvalue weighted by molar-refractivity contribution is 5.43. The van der Waals surface area contributed by atoms with Gasteiger partial charge in [-0.1, -0.05) is 44.7 Å². The maximum atomic E-state index is 13.3. The van der Waals surface area contributed by atoms with E-state index in [1.807, 2.05) is 12.1 Å². The van der Waals surface area contributed by atoms with Crippen molar-refractivity contribution in [3.8, 4) is 5.75 Å². The number of hydrogen-bond donors (Lipinski definition) is 3. The van der Waals surface area contributed by atoms with E-state index in [1.54, 1.807) is 6.07 Å². The second kappa shape index (κ2) is 10.1. The largest absolute Gasteiger partial charge is 0.508 e. The molecule has 37 heavy (non-hydrogen) atoms. The second-order valence-corrected chi connectivity index (χ2v) is 11.9. The fraction of sp³-hybridized carbons (Fsp3) is 0.724. The topological polar surface area (TPSA) is 60.7 Å². The molecule has 0 aromatic heterocycles. The number of fused-ring (bicyclic) bond motifs is 5. The maximum absolute atomic E-state index is 13.3. The molecule has 0 amide bonds. The van der Waals surface area contributed by atoms with Gasteiger partial charge in [-0.05, 0) is 96.8 Å². The van der Waals surface area contributed by atoms with Crippen LogP contribution in [0.4, 0.5) is 22.0 Å². The highest BCUT2D eigenvalue weighted by Gasteiger charge is 2.63. The molecule has 3 N–H and O–H groups in total. The van der Waals surface area contributed by atoms with Gasteiger partial charge in [-0.15, -0.1) is 6.58 Å². The number of hydrogen-bond acceptors (Lipinski definition) is 3. The number of halogens is 5. The predicted octanol–water partition coefficient (Wildman–Crippen LogP) is 7.29. The summed E-state index contributed by atoms with van der Waals surface area (Å²) in [4.78, 5) is 0. The summed E-state index contributed by atoms with van der Waals surface area (Å²) in [5.74, 6) is -4.09. The molecule has 0 spiro atoms. The number of phenolic OH excluding ortho intramolecular Hbond substituents is 1. The summed E-state index contributed by atoms with van der Waals surface area (Å²) in [6, 6.07) is 5.60. The summed E-state index contributed by atoms with van der Waals surface area (Å²) >= 11 is 0.